The van der Waals surface area contributed by atoms with Crippen molar-refractivity contribution in [3.8, 4) is 0 Å². The largest absolute Gasteiger partial charge is 0.480 e. The van der Waals surface area contributed by atoms with E-state index in [1.807, 2.05) is 13.8 Å². The molecular formula is C24H28N2O6S. The molecule has 0 aliphatic carbocycles. The minimum absolute atomic E-state index is 0.0326. The maximum absolute atomic E-state index is 12.9. The average Bonchev–Trinajstić information content (AvgIpc) is 2.81. The fourth-order valence-corrected chi connectivity index (χ4v) is 4.03. The highest BCUT2D eigenvalue weighted by molar-refractivity contribution is 7.94. The molecule has 0 saturated heterocycles. The van der Waals surface area contributed by atoms with Crippen molar-refractivity contribution >= 4 is 27.6 Å². The van der Waals surface area contributed by atoms with E-state index in [0.29, 0.717) is 11.0 Å². The van der Waals surface area contributed by atoms with E-state index in [0.717, 1.165) is 6.42 Å². The topological polar surface area (TPSA) is 130 Å². The third-order valence-corrected chi connectivity index (χ3v) is 6.50. The lowest BCUT2D eigenvalue weighted by molar-refractivity contribution is -0.141. The summed E-state index contributed by atoms with van der Waals surface area (Å²) in [5, 5.41) is 15.0. The Hall–Kier alpha value is -3.46. The van der Waals surface area contributed by atoms with E-state index in [4.69, 9.17) is 0 Å². The SMILES string of the molecule is CC[C@H](C)CNC(=O)C(=CS(=O)(=O)c1ccccc1)C(=O)N[C@@H](Cc1ccccc1)C(=O)O. The Kier molecular flexibility index (Phi) is 9.35. The molecule has 0 aromatic heterocycles. The number of aliphatic carboxylic acids is 1. The van der Waals surface area contributed by atoms with Crippen molar-refractivity contribution in [3.63, 3.8) is 0 Å². The zero-order valence-electron chi connectivity index (χ0n) is 18.5. The molecule has 0 saturated carbocycles. The number of nitrogens with one attached hydrogen (secondary N) is 2. The minimum atomic E-state index is -4.14. The molecule has 2 atom stereocenters. The first-order chi connectivity index (χ1) is 15.6. The third-order valence-electron chi connectivity index (χ3n) is 5.03. The lowest BCUT2D eigenvalue weighted by Crippen LogP contribution is -2.45. The van der Waals surface area contributed by atoms with E-state index in [1.165, 1.54) is 24.3 Å². The number of carboxylic acids is 1. The van der Waals surface area contributed by atoms with Crippen LogP contribution in [0, 0.1) is 5.92 Å². The standard InChI is InChI=1S/C24H28N2O6S/c1-3-17(2)15-25-22(27)20(16-33(31,32)19-12-8-5-9-13-19)23(28)26-21(24(29)30)14-18-10-6-4-7-11-18/h4-13,16-17,21H,3,14-15H2,1-2H3,(H,25,27)(H,26,28)(H,29,30)/t17-,21-/m0/s1. The first-order valence-corrected chi connectivity index (χ1v) is 12.1. The monoisotopic (exact) mass is 472 g/mol. The van der Waals surface area contributed by atoms with Crippen molar-refractivity contribution in [3.05, 3.63) is 77.2 Å². The van der Waals surface area contributed by atoms with Gasteiger partial charge in [0, 0.05) is 13.0 Å². The van der Waals surface area contributed by atoms with Gasteiger partial charge in [0.05, 0.1) is 10.3 Å². The normalized spacial score (nSPS) is 13.6. The highest BCUT2D eigenvalue weighted by Gasteiger charge is 2.28. The van der Waals surface area contributed by atoms with Crippen molar-refractivity contribution in [1.82, 2.24) is 10.6 Å². The number of carbonyl (C=O) groups excluding carboxylic acids is 2. The van der Waals surface area contributed by atoms with Crippen molar-refractivity contribution in [2.75, 3.05) is 6.54 Å². The Balaban J connectivity index is 2.35. The Morgan fingerprint density at radius 1 is 0.970 bits per heavy atom. The molecule has 8 nitrogen and oxygen atoms in total. The van der Waals surface area contributed by atoms with Crippen LogP contribution in [0.25, 0.3) is 0 Å². The van der Waals surface area contributed by atoms with E-state index >= 15 is 0 Å². The summed E-state index contributed by atoms with van der Waals surface area (Å²) in [7, 11) is -4.14. The Bertz CT molecular complexity index is 1100. The smallest absolute Gasteiger partial charge is 0.326 e. The van der Waals surface area contributed by atoms with Crippen molar-refractivity contribution in [2.24, 2.45) is 5.92 Å². The predicted octanol–water partition coefficient (Wildman–Crippen LogP) is 2.32. The van der Waals surface area contributed by atoms with Gasteiger partial charge in [0.25, 0.3) is 11.8 Å². The highest BCUT2D eigenvalue weighted by atomic mass is 32.2. The summed E-state index contributed by atoms with van der Waals surface area (Å²) in [4.78, 5) is 37.4. The number of amides is 2. The van der Waals surface area contributed by atoms with Gasteiger partial charge in [0.15, 0.2) is 0 Å². The summed E-state index contributed by atoms with van der Waals surface area (Å²) in [6, 6.07) is 14.6. The molecule has 176 valence electrons. The van der Waals surface area contributed by atoms with Crippen LogP contribution in [0.1, 0.15) is 25.8 Å². The zero-order chi connectivity index (χ0) is 24.4. The van der Waals surface area contributed by atoms with Gasteiger partial charge in [0.1, 0.15) is 11.6 Å². The van der Waals surface area contributed by atoms with Crippen LogP contribution in [0.5, 0.6) is 0 Å². The summed E-state index contributed by atoms with van der Waals surface area (Å²) >= 11 is 0. The quantitative estimate of drug-likeness (QED) is 0.261. The van der Waals surface area contributed by atoms with Gasteiger partial charge in [-0.05, 0) is 23.6 Å². The second-order valence-electron chi connectivity index (χ2n) is 7.67. The van der Waals surface area contributed by atoms with Crippen LogP contribution in [0.2, 0.25) is 0 Å². The van der Waals surface area contributed by atoms with Crippen molar-refractivity contribution < 1.29 is 27.9 Å². The molecule has 0 radical (unpaired) electrons. The minimum Gasteiger partial charge on any atom is -0.480 e. The summed E-state index contributed by atoms with van der Waals surface area (Å²) in [5.41, 5.74) is -0.0182. The van der Waals surface area contributed by atoms with Gasteiger partial charge in [-0.1, -0.05) is 68.8 Å². The van der Waals surface area contributed by atoms with Crippen LogP contribution in [-0.4, -0.2) is 43.9 Å². The van der Waals surface area contributed by atoms with E-state index in [9.17, 15) is 27.9 Å². The molecule has 3 N–H and O–H groups in total. The van der Waals surface area contributed by atoms with E-state index in [2.05, 4.69) is 10.6 Å². The highest BCUT2D eigenvalue weighted by Crippen LogP contribution is 2.15. The number of carboxylic acid groups (broad SMARTS) is 1. The number of sulfone groups is 1. The van der Waals surface area contributed by atoms with E-state index in [1.54, 1.807) is 36.4 Å². The van der Waals surface area contributed by atoms with Crippen LogP contribution in [0.15, 0.2) is 76.5 Å². The third kappa shape index (κ3) is 7.87. The molecule has 0 spiro atoms. The van der Waals surface area contributed by atoms with Gasteiger partial charge in [0.2, 0.25) is 9.84 Å². The molecule has 2 aromatic carbocycles. The number of carbonyl (C=O) groups is 3. The zero-order valence-corrected chi connectivity index (χ0v) is 19.3. The predicted molar refractivity (Wildman–Crippen MR) is 124 cm³/mol. The molecule has 0 bridgehead atoms. The van der Waals surface area contributed by atoms with Crippen LogP contribution in [0.4, 0.5) is 0 Å². The molecule has 2 aromatic rings. The van der Waals surface area contributed by atoms with Crippen LogP contribution >= 0.6 is 0 Å². The molecule has 0 fully saturated rings. The van der Waals surface area contributed by atoms with Gasteiger partial charge in [-0.25, -0.2) is 13.2 Å². The lowest BCUT2D eigenvalue weighted by atomic mass is 10.1. The fourth-order valence-electron chi connectivity index (χ4n) is 2.84. The molecule has 33 heavy (non-hydrogen) atoms. The van der Waals surface area contributed by atoms with Gasteiger partial charge < -0.3 is 15.7 Å². The molecule has 2 amide bonds. The summed E-state index contributed by atoms with van der Waals surface area (Å²) in [6.07, 6.45) is 0.737. The maximum atomic E-state index is 12.9. The average molecular weight is 473 g/mol. The van der Waals surface area contributed by atoms with Crippen molar-refractivity contribution in [2.45, 2.75) is 37.6 Å². The molecule has 2 rings (SSSR count). The van der Waals surface area contributed by atoms with Gasteiger partial charge in [-0.3, -0.25) is 9.59 Å². The first-order valence-electron chi connectivity index (χ1n) is 10.5. The Morgan fingerprint density at radius 2 is 1.55 bits per heavy atom. The van der Waals surface area contributed by atoms with E-state index < -0.39 is 39.2 Å². The number of hydrogen-bond acceptors (Lipinski definition) is 5. The Morgan fingerprint density at radius 3 is 2.09 bits per heavy atom. The molecule has 9 heteroatoms. The Labute approximate surface area is 193 Å². The first kappa shape index (κ1) is 25.8. The van der Waals surface area contributed by atoms with E-state index in [-0.39, 0.29) is 23.8 Å². The lowest BCUT2D eigenvalue weighted by Gasteiger charge is -2.17. The summed E-state index contributed by atoms with van der Waals surface area (Å²) in [6.45, 7) is 4.06. The second-order valence-corrected chi connectivity index (χ2v) is 9.46. The van der Waals surface area contributed by atoms with Gasteiger partial charge >= 0.3 is 5.97 Å². The van der Waals surface area contributed by atoms with Gasteiger partial charge in [-0.15, -0.1) is 0 Å². The van der Waals surface area contributed by atoms with Crippen molar-refractivity contribution in [1.29, 1.82) is 0 Å². The van der Waals surface area contributed by atoms with Crippen LogP contribution in [0.3, 0.4) is 0 Å². The summed E-state index contributed by atoms with van der Waals surface area (Å²) in [5.74, 6) is -3.18. The molecule has 0 aliphatic heterocycles. The molecule has 0 unspecified atom stereocenters. The fraction of sp³-hybridized carbons (Fsp3) is 0.292. The molecule has 0 heterocycles. The second kappa shape index (κ2) is 12.0. The molecule has 0 aliphatic rings. The van der Waals surface area contributed by atoms with Crippen LogP contribution in [-0.2, 0) is 30.6 Å². The maximum Gasteiger partial charge on any atom is 0.326 e. The van der Waals surface area contributed by atoms with Gasteiger partial charge in [-0.2, -0.15) is 0 Å². The number of hydrogen-bond donors (Lipinski definition) is 3. The molecular weight excluding hydrogens is 444 g/mol. The number of rotatable bonds is 11. The summed E-state index contributed by atoms with van der Waals surface area (Å²) < 4.78 is 25.6. The van der Waals surface area contributed by atoms with Crippen LogP contribution < -0.4 is 10.6 Å². The number of benzene rings is 2.